The molecule has 0 spiro atoms. The zero-order chi connectivity index (χ0) is 35.1. The number of nitrogens with zero attached hydrogens (tertiary/aromatic N) is 7. The number of carbonyl (C=O) groups is 1. The van der Waals surface area contributed by atoms with Crippen molar-refractivity contribution >= 4 is 39.4 Å². The van der Waals surface area contributed by atoms with Crippen LogP contribution in [0.2, 0.25) is 5.02 Å². The van der Waals surface area contributed by atoms with Gasteiger partial charge in [0.2, 0.25) is 0 Å². The largest absolute Gasteiger partial charge is 0.506 e. The Labute approximate surface area is 295 Å². The molecule has 0 amide bonds. The van der Waals surface area contributed by atoms with Gasteiger partial charge in [0, 0.05) is 79.8 Å². The molecule has 6 aromatic rings. The average Bonchev–Trinajstić information content (AvgIpc) is 3.85. The summed E-state index contributed by atoms with van der Waals surface area (Å²) in [4.78, 5) is 19.6. The summed E-state index contributed by atoms with van der Waals surface area (Å²) in [6.45, 7) is 2.06. The van der Waals surface area contributed by atoms with E-state index in [1.54, 1.807) is 12.3 Å². The summed E-state index contributed by atoms with van der Waals surface area (Å²) in [6.07, 6.45) is 6.20. The molecule has 7 rings (SSSR count). The number of aliphatic hydroxyl groups excluding tert-OH is 1. The molecule has 0 fully saturated rings. The SMILES string of the molecule is COC(=O)c1c(CCCO)c2ccc(Cl)c(-c3c(CN(C)Cc4cc(CCc5cc(O)c6ncccc6c5)n(C)n4)nn4c3CCC4)c2n1C. The first-order valence-electron chi connectivity index (χ1n) is 17.0. The topological polar surface area (TPSA) is 123 Å². The van der Waals surface area contributed by atoms with Crippen LogP contribution >= 0.6 is 11.6 Å². The van der Waals surface area contributed by atoms with Crippen molar-refractivity contribution in [3.63, 3.8) is 0 Å². The van der Waals surface area contributed by atoms with Gasteiger partial charge in [-0.25, -0.2) is 4.79 Å². The molecule has 0 bridgehead atoms. The van der Waals surface area contributed by atoms with E-state index in [-0.39, 0.29) is 12.4 Å². The minimum atomic E-state index is -0.415. The fourth-order valence-corrected chi connectivity index (χ4v) is 7.86. The smallest absolute Gasteiger partial charge is 0.354 e. The van der Waals surface area contributed by atoms with Crippen LogP contribution in [0, 0.1) is 0 Å². The molecule has 260 valence electrons. The normalized spacial score (nSPS) is 12.9. The third-order valence-electron chi connectivity index (χ3n) is 9.83. The minimum absolute atomic E-state index is 0.0233. The molecule has 0 saturated heterocycles. The van der Waals surface area contributed by atoms with Crippen LogP contribution in [0.5, 0.6) is 5.75 Å². The number of ether oxygens (including phenoxy) is 1. The number of pyridine rings is 1. The van der Waals surface area contributed by atoms with Crippen LogP contribution in [-0.4, -0.2) is 71.0 Å². The van der Waals surface area contributed by atoms with Gasteiger partial charge < -0.3 is 19.5 Å². The fraction of sp³-hybridized carbons (Fsp3) is 0.368. The predicted octanol–water partition coefficient (Wildman–Crippen LogP) is 5.76. The second kappa shape index (κ2) is 13.9. The number of methoxy groups -OCH3 is 1. The third kappa shape index (κ3) is 6.14. The highest BCUT2D eigenvalue weighted by molar-refractivity contribution is 6.35. The van der Waals surface area contributed by atoms with E-state index in [9.17, 15) is 15.0 Å². The number of halogens is 1. The molecule has 0 radical (unpaired) electrons. The second-order valence-electron chi connectivity index (χ2n) is 13.2. The summed E-state index contributed by atoms with van der Waals surface area (Å²) in [5, 5.41) is 32.5. The van der Waals surface area contributed by atoms with Gasteiger partial charge in [-0.2, -0.15) is 10.2 Å². The number of fused-ring (bicyclic) bond motifs is 3. The van der Waals surface area contributed by atoms with Gasteiger partial charge in [0.1, 0.15) is 17.0 Å². The molecule has 11 nitrogen and oxygen atoms in total. The maximum Gasteiger partial charge on any atom is 0.354 e. The molecule has 0 aliphatic carbocycles. The Kier molecular flexibility index (Phi) is 9.38. The molecule has 2 aromatic carbocycles. The molecule has 1 aliphatic rings. The Morgan fingerprint density at radius 1 is 1.06 bits per heavy atom. The molecular weight excluding hydrogens is 654 g/mol. The molecule has 0 saturated carbocycles. The summed E-state index contributed by atoms with van der Waals surface area (Å²) in [6, 6.07) is 13.8. The number of aryl methyl sites for hydroxylation is 6. The van der Waals surface area contributed by atoms with Crippen LogP contribution in [0.4, 0.5) is 0 Å². The summed E-state index contributed by atoms with van der Waals surface area (Å²) < 4.78 is 11.1. The van der Waals surface area contributed by atoms with Gasteiger partial charge in [-0.15, -0.1) is 0 Å². The van der Waals surface area contributed by atoms with E-state index in [1.807, 2.05) is 47.6 Å². The first-order chi connectivity index (χ1) is 24.2. The van der Waals surface area contributed by atoms with E-state index in [4.69, 9.17) is 26.5 Å². The van der Waals surface area contributed by atoms with E-state index < -0.39 is 5.97 Å². The molecule has 0 unspecified atom stereocenters. The first kappa shape index (κ1) is 33.8. The Balaban J connectivity index is 1.17. The second-order valence-corrected chi connectivity index (χ2v) is 13.6. The maximum atomic E-state index is 13.1. The van der Waals surface area contributed by atoms with Crippen molar-refractivity contribution < 1.29 is 19.7 Å². The Morgan fingerprint density at radius 2 is 1.90 bits per heavy atom. The van der Waals surface area contributed by atoms with Crippen molar-refractivity contribution in [2.75, 3.05) is 20.8 Å². The predicted molar refractivity (Wildman–Crippen MR) is 193 cm³/mol. The van der Waals surface area contributed by atoms with Crippen LogP contribution < -0.4 is 0 Å². The number of phenols is 1. The van der Waals surface area contributed by atoms with Gasteiger partial charge in [-0.3, -0.25) is 19.2 Å². The maximum absolute atomic E-state index is 13.1. The zero-order valence-electron chi connectivity index (χ0n) is 28.9. The fourth-order valence-electron chi connectivity index (χ4n) is 7.61. The van der Waals surface area contributed by atoms with E-state index in [2.05, 4.69) is 33.7 Å². The number of aromatic hydroxyl groups is 1. The van der Waals surface area contributed by atoms with Crippen molar-refractivity contribution in [1.29, 1.82) is 0 Å². The molecule has 2 N–H and O–H groups in total. The Morgan fingerprint density at radius 3 is 2.70 bits per heavy atom. The van der Waals surface area contributed by atoms with E-state index in [0.29, 0.717) is 42.2 Å². The number of carbonyl (C=O) groups excluding carboxylic acids is 1. The van der Waals surface area contributed by atoms with Gasteiger partial charge in [0.25, 0.3) is 0 Å². The van der Waals surface area contributed by atoms with E-state index in [0.717, 1.165) is 93.5 Å². The van der Waals surface area contributed by atoms with Gasteiger partial charge in [-0.05, 0) is 87.0 Å². The Bertz CT molecular complexity index is 2230. The van der Waals surface area contributed by atoms with Crippen LogP contribution in [-0.2, 0) is 64.1 Å². The molecular formula is C38H42ClN7O4. The molecule has 1 aliphatic heterocycles. The molecule has 12 heteroatoms. The number of rotatable bonds is 12. The quantitative estimate of drug-likeness (QED) is 0.155. The van der Waals surface area contributed by atoms with Crippen molar-refractivity contribution in [3.8, 4) is 16.9 Å². The lowest BCUT2D eigenvalue weighted by atomic mass is 9.97. The van der Waals surface area contributed by atoms with Gasteiger partial charge in [0.15, 0.2) is 0 Å². The number of aliphatic hydroxyl groups is 1. The van der Waals surface area contributed by atoms with Crippen molar-refractivity contribution in [3.05, 3.63) is 93.3 Å². The number of hydrogen-bond donors (Lipinski definition) is 2. The average molecular weight is 696 g/mol. The zero-order valence-corrected chi connectivity index (χ0v) is 29.7. The van der Waals surface area contributed by atoms with Crippen molar-refractivity contribution in [2.45, 2.75) is 58.2 Å². The van der Waals surface area contributed by atoms with Crippen LogP contribution in [0.1, 0.15) is 57.2 Å². The third-order valence-corrected chi connectivity index (χ3v) is 10.1. The highest BCUT2D eigenvalue weighted by Crippen LogP contribution is 2.43. The lowest BCUT2D eigenvalue weighted by Crippen LogP contribution is -2.19. The minimum Gasteiger partial charge on any atom is -0.506 e. The molecule has 0 atom stereocenters. The number of benzene rings is 2. The van der Waals surface area contributed by atoms with E-state index in [1.165, 1.54) is 7.11 Å². The summed E-state index contributed by atoms with van der Waals surface area (Å²) in [5.41, 5.74) is 9.89. The summed E-state index contributed by atoms with van der Waals surface area (Å²) in [5.74, 6) is -0.216. The summed E-state index contributed by atoms with van der Waals surface area (Å²) in [7, 11) is 7.31. The number of hydrogen-bond acceptors (Lipinski definition) is 8. The van der Waals surface area contributed by atoms with Gasteiger partial charge >= 0.3 is 5.97 Å². The standard InChI is InChI=1S/C38H42ClN7O4/c1-43(21-25-20-26(45(3)41-25)12-11-23-18-24-8-5-15-40-35(24)32(48)19-23)22-30-34(31-10-6-16-46(31)42-30)33-29(39)14-13-28-27(9-7-17-47)37(38(49)50-4)44(2)36(28)33/h5,8,13-15,18-20,47-48H,6-7,9-12,16-17,21-22H2,1-4H3. The van der Waals surface area contributed by atoms with Crippen molar-refractivity contribution in [1.82, 2.24) is 34.0 Å². The van der Waals surface area contributed by atoms with Crippen LogP contribution in [0.25, 0.3) is 32.9 Å². The number of aromatic nitrogens is 6. The van der Waals surface area contributed by atoms with Crippen molar-refractivity contribution in [2.24, 2.45) is 14.1 Å². The lowest BCUT2D eigenvalue weighted by molar-refractivity contribution is 0.0589. The monoisotopic (exact) mass is 695 g/mol. The van der Waals surface area contributed by atoms with E-state index >= 15 is 0 Å². The van der Waals surface area contributed by atoms with Crippen LogP contribution in [0.15, 0.2) is 48.7 Å². The molecule has 50 heavy (non-hydrogen) atoms. The Hall–Kier alpha value is -4.71. The number of esters is 1. The highest BCUT2D eigenvalue weighted by atomic mass is 35.5. The lowest BCUT2D eigenvalue weighted by Gasteiger charge is -2.17. The molecule has 5 heterocycles. The van der Waals surface area contributed by atoms with Crippen LogP contribution in [0.3, 0.4) is 0 Å². The number of phenolic OH excluding ortho intramolecular Hbond substituents is 1. The summed E-state index contributed by atoms with van der Waals surface area (Å²) >= 11 is 7.07. The molecule has 4 aromatic heterocycles. The van der Waals surface area contributed by atoms with Gasteiger partial charge in [0.05, 0.1) is 29.0 Å². The highest BCUT2D eigenvalue weighted by Gasteiger charge is 2.30. The first-order valence-corrected chi connectivity index (χ1v) is 17.4. The van der Waals surface area contributed by atoms with Gasteiger partial charge in [-0.1, -0.05) is 23.7 Å².